The summed E-state index contributed by atoms with van der Waals surface area (Å²) in [7, 11) is 0. The average molecular weight is 306 g/mol. The van der Waals surface area contributed by atoms with E-state index in [1.54, 1.807) is 0 Å². The second-order valence-corrected chi connectivity index (χ2v) is 6.06. The summed E-state index contributed by atoms with van der Waals surface area (Å²) in [4.78, 5) is 0. The molecule has 0 saturated heterocycles. The number of hydrogen-bond donors (Lipinski definition) is 0. The predicted octanol–water partition coefficient (Wildman–Crippen LogP) is 2.57. The molecule has 0 radical (unpaired) electrons. The molecule has 0 aromatic heterocycles. The maximum atomic E-state index is 11.6. The Morgan fingerprint density at radius 3 is 1.50 bits per heavy atom. The summed E-state index contributed by atoms with van der Waals surface area (Å²) >= 11 is -3.06. The van der Waals surface area contributed by atoms with E-state index in [-0.39, 0.29) is 0 Å². The van der Waals surface area contributed by atoms with Crippen LogP contribution in [0.25, 0.3) is 0 Å². The van der Waals surface area contributed by atoms with Gasteiger partial charge >= 0.3 is 111 Å². The van der Waals surface area contributed by atoms with Gasteiger partial charge in [-0.15, -0.1) is 0 Å². The molecule has 2 rings (SSSR count). The Bertz CT molecular complexity index is 439. The monoisotopic (exact) mass is 306 g/mol. The zero-order valence-electron chi connectivity index (χ0n) is 9.91. The van der Waals surface area contributed by atoms with E-state index in [9.17, 15) is 3.74 Å². The summed E-state index contributed by atoms with van der Waals surface area (Å²) in [5, 5.41) is 0. The van der Waals surface area contributed by atoms with Crippen molar-refractivity contribution in [3.63, 3.8) is 0 Å². The van der Waals surface area contributed by atoms with Crippen molar-refractivity contribution in [2.24, 2.45) is 0 Å². The Morgan fingerprint density at radius 1 is 0.722 bits per heavy atom. The molecule has 0 bridgehead atoms. The van der Waals surface area contributed by atoms with E-state index < -0.39 is 15.3 Å². The third-order valence-corrected chi connectivity index (χ3v) is 3.99. The first kappa shape index (κ1) is 13.2. The summed E-state index contributed by atoms with van der Waals surface area (Å²) in [6, 6.07) is 19.3. The molecule has 4 heteroatoms. The van der Waals surface area contributed by atoms with E-state index in [1.807, 2.05) is 60.7 Å². The van der Waals surface area contributed by atoms with Crippen molar-refractivity contribution < 1.29 is 11.2 Å². The van der Waals surface area contributed by atoms with Gasteiger partial charge in [0.15, 0.2) is 0 Å². The minimum absolute atomic E-state index is 0.342. The zero-order chi connectivity index (χ0) is 12.6. The van der Waals surface area contributed by atoms with Gasteiger partial charge in [0.1, 0.15) is 0 Å². The molecule has 0 aliphatic rings. The summed E-state index contributed by atoms with van der Waals surface area (Å²) in [5.74, 6) is 0. The summed E-state index contributed by atoms with van der Waals surface area (Å²) < 4.78 is 22.1. The molecule has 3 nitrogen and oxygen atoms in total. The molecule has 18 heavy (non-hydrogen) atoms. The quantitative estimate of drug-likeness (QED) is 0.770. The van der Waals surface area contributed by atoms with Crippen LogP contribution >= 0.6 is 0 Å². The first-order chi connectivity index (χ1) is 8.84. The van der Waals surface area contributed by atoms with Crippen LogP contribution < -0.4 is 0 Å². The van der Waals surface area contributed by atoms with E-state index >= 15 is 0 Å². The Hall–Kier alpha value is -1.28. The molecular formula is C14H15AsO3. The molecule has 0 unspecified atom stereocenters. The van der Waals surface area contributed by atoms with Gasteiger partial charge in [0.2, 0.25) is 0 Å². The summed E-state index contributed by atoms with van der Waals surface area (Å²) in [6.07, 6.45) is 0. The first-order valence-electron chi connectivity index (χ1n) is 5.72. The van der Waals surface area contributed by atoms with Crippen molar-refractivity contribution in [1.82, 2.24) is 0 Å². The fourth-order valence-electron chi connectivity index (χ4n) is 1.47. The van der Waals surface area contributed by atoms with Gasteiger partial charge in [-0.05, 0) is 0 Å². The van der Waals surface area contributed by atoms with Crippen LogP contribution in [0.1, 0.15) is 11.1 Å². The molecular weight excluding hydrogens is 291 g/mol. The Kier molecular flexibility index (Phi) is 5.28. The van der Waals surface area contributed by atoms with Gasteiger partial charge in [0.25, 0.3) is 0 Å². The van der Waals surface area contributed by atoms with Gasteiger partial charge in [-0.25, -0.2) is 0 Å². The van der Waals surface area contributed by atoms with Crippen LogP contribution in [0.15, 0.2) is 60.7 Å². The third kappa shape index (κ3) is 4.53. The molecule has 2 aromatic carbocycles. The summed E-state index contributed by atoms with van der Waals surface area (Å²) in [5.41, 5.74) is 2.00. The van der Waals surface area contributed by atoms with Crippen LogP contribution in [0, 0.1) is 0 Å². The van der Waals surface area contributed by atoms with E-state index in [2.05, 4.69) is 0 Å². The van der Waals surface area contributed by atoms with Gasteiger partial charge in [0.05, 0.1) is 0 Å². The summed E-state index contributed by atoms with van der Waals surface area (Å²) in [6.45, 7) is 0.683. The fourth-order valence-corrected chi connectivity index (χ4v) is 2.84. The standard InChI is InChI=1S/C14H15AsO3/c16-15(17-11-13-7-3-1-4-8-13)18-12-14-9-5-2-6-10-14/h1-10,15H,11-12H2. The second kappa shape index (κ2) is 7.22. The van der Waals surface area contributed by atoms with E-state index in [0.29, 0.717) is 13.2 Å². The molecule has 0 fully saturated rings. The number of hydrogen-bond acceptors (Lipinski definition) is 3. The van der Waals surface area contributed by atoms with Crippen molar-refractivity contribution >= 4 is 15.3 Å². The van der Waals surface area contributed by atoms with Crippen LogP contribution in [0.5, 0.6) is 0 Å². The Balaban J connectivity index is 1.73. The van der Waals surface area contributed by atoms with Crippen LogP contribution in [0.3, 0.4) is 0 Å². The van der Waals surface area contributed by atoms with Crippen molar-refractivity contribution in [2.75, 3.05) is 0 Å². The Labute approximate surface area is 112 Å². The molecule has 2 aromatic rings. The van der Waals surface area contributed by atoms with Crippen LogP contribution in [-0.2, 0) is 24.4 Å². The van der Waals surface area contributed by atoms with Crippen molar-refractivity contribution in [3.8, 4) is 0 Å². The fraction of sp³-hybridized carbons (Fsp3) is 0.143. The van der Waals surface area contributed by atoms with Gasteiger partial charge in [-0.2, -0.15) is 0 Å². The van der Waals surface area contributed by atoms with E-state index in [1.165, 1.54) is 0 Å². The maximum absolute atomic E-state index is 11.6. The van der Waals surface area contributed by atoms with E-state index in [4.69, 9.17) is 7.45 Å². The molecule has 0 aliphatic carbocycles. The topological polar surface area (TPSA) is 35.5 Å². The molecule has 0 atom stereocenters. The Morgan fingerprint density at radius 2 is 1.11 bits per heavy atom. The van der Waals surface area contributed by atoms with Gasteiger partial charge in [0, 0.05) is 0 Å². The second-order valence-electron chi connectivity index (χ2n) is 3.80. The van der Waals surface area contributed by atoms with Gasteiger partial charge < -0.3 is 0 Å². The van der Waals surface area contributed by atoms with Crippen molar-refractivity contribution in [3.05, 3.63) is 71.8 Å². The SMILES string of the molecule is O=[AsH](OCc1ccccc1)OCc1ccccc1. The third-order valence-electron chi connectivity index (χ3n) is 2.40. The number of rotatable bonds is 6. The zero-order valence-corrected chi connectivity index (χ0v) is 12.0. The van der Waals surface area contributed by atoms with Crippen LogP contribution in [0.2, 0.25) is 0 Å². The molecule has 0 aliphatic heterocycles. The molecule has 0 heterocycles. The first-order valence-corrected chi connectivity index (χ1v) is 8.29. The molecule has 0 saturated carbocycles. The van der Waals surface area contributed by atoms with Gasteiger partial charge in [-0.3, -0.25) is 0 Å². The predicted molar refractivity (Wildman–Crippen MR) is 70.3 cm³/mol. The molecule has 0 amide bonds. The van der Waals surface area contributed by atoms with Crippen molar-refractivity contribution in [1.29, 1.82) is 0 Å². The molecule has 0 spiro atoms. The molecule has 94 valence electrons. The van der Waals surface area contributed by atoms with Gasteiger partial charge in [-0.1, -0.05) is 0 Å². The van der Waals surface area contributed by atoms with Crippen molar-refractivity contribution in [2.45, 2.75) is 13.2 Å². The normalized spacial score (nSPS) is 10.7. The van der Waals surface area contributed by atoms with Crippen LogP contribution in [0.4, 0.5) is 0 Å². The molecule has 0 N–H and O–H groups in total. The minimum atomic E-state index is -3.06. The van der Waals surface area contributed by atoms with Crippen LogP contribution in [-0.4, -0.2) is 15.3 Å². The van der Waals surface area contributed by atoms with E-state index in [0.717, 1.165) is 11.1 Å². The average Bonchev–Trinajstić information content (AvgIpc) is 2.45. The number of benzene rings is 2.